The lowest BCUT2D eigenvalue weighted by Crippen LogP contribution is -2.03. The van der Waals surface area contributed by atoms with E-state index in [9.17, 15) is 0 Å². The molecule has 0 amide bonds. The Morgan fingerprint density at radius 3 is 2.52 bits per heavy atom. The predicted octanol–water partition coefficient (Wildman–Crippen LogP) is 2.66. The number of aromatic nitrogens is 1. The fourth-order valence-corrected chi connectivity index (χ4v) is 2.01. The lowest BCUT2D eigenvalue weighted by atomic mass is 10.0. The molecule has 0 fully saturated rings. The number of ether oxygens (including phenoxy) is 2. The van der Waals surface area contributed by atoms with Crippen LogP contribution in [-0.2, 0) is 6.42 Å². The van der Waals surface area contributed by atoms with Crippen molar-refractivity contribution in [3.63, 3.8) is 0 Å². The summed E-state index contributed by atoms with van der Waals surface area (Å²) in [6, 6.07) is 5.69. The Morgan fingerprint density at radius 1 is 1.22 bits per heavy atom. The molecule has 0 spiro atoms. The van der Waals surface area contributed by atoms with Gasteiger partial charge < -0.3 is 15.2 Å². The van der Waals surface area contributed by atoms with Crippen LogP contribution in [0.4, 0.5) is 0 Å². The van der Waals surface area contributed by atoms with Crippen molar-refractivity contribution in [2.75, 3.05) is 27.8 Å². The van der Waals surface area contributed by atoms with E-state index in [1.54, 1.807) is 39.7 Å². The van der Waals surface area contributed by atoms with Crippen LogP contribution < -0.4 is 15.2 Å². The lowest BCUT2D eigenvalue weighted by Gasteiger charge is -2.07. The molecule has 1 rings (SSSR count). The van der Waals surface area contributed by atoms with Gasteiger partial charge in [0.05, 0.1) is 14.2 Å². The molecule has 0 aliphatic carbocycles. The maximum absolute atomic E-state index is 5.51. The molecule has 1 heterocycles. The van der Waals surface area contributed by atoms with E-state index in [1.165, 1.54) is 0 Å². The number of allylic oxidation sites excluding steroid dienone is 1. The maximum Gasteiger partial charge on any atom is 0.162 e. The molecule has 0 aromatic carbocycles. The minimum absolute atomic E-state index is 0.493. The van der Waals surface area contributed by atoms with Gasteiger partial charge in [-0.3, -0.25) is 9.98 Å². The van der Waals surface area contributed by atoms with Gasteiger partial charge >= 0.3 is 0 Å². The first-order valence-electron chi connectivity index (χ1n) is 7.38. The van der Waals surface area contributed by atoms with E-state index in [0.29, 0.717) is 24.5 Å². The van der Waals surface area contributed by atoms with Crippen LogP contribution in [0.3, 0.4) is 0 Å². The number of aryl methyl sites for hydroxylation is 1. The number of hydrogen-bond donors (Lipinski definition) is 1. The number of hydrogen-bond acceptors (Lipinski definition) is 5. The molecular formula is C18H25N3O2. The van der Waals surface area contributed by atoms with Crippen molar-refractivity contribution in [3.05, 3.63) is 53.9 Å². The number of methoxy groups -OCH3 is 2. The van der Waals surface area contributed by atoms with Gasteiger partial charge in [0.2, 0.25) is 0 Å². The highest BCUT2D eigenvalue weighted by Gasteiger charge is 2.03. The molecule has 5 nitrogen and oxygen atoms in total. The van der Waals surface area contributed by atoms with Crippen molar-refractivity contribution in [1.82, 2.24) is 4.98 Å². The fraction of sp³-hybridized carbons (Fsp3) is 0.333. The van der Waals surface area contributed by atoms with E-state index < -0.39 is 0 Å². The monoisotopic (exact) mass is 315 g/mol. The molecule has 124 valence electrons. The normalized spacial score (nSPS) is 11.3. The van der Waals surface area contributed by atoms with Gasteiger partial charge in [0.1, 0.15) is 0 Å². The molecule has 5 heteroatoms. The van der Waals surface area contributed by atoms with Crippen LogP contribution in [0.1, 0.15) is 11.1 Å². The van der Waals surface area contributed by atoms with Gasteiger partial charge in [-0.25, -0.2) is 0 Å². The fourth-order valence-electron chi connectivity index (χ4n) is 2.01. The van der Waals surface area contributed by atoms with Crippen LogP contribution in [0.25, 0.3) is 0 Å². The average Bonchev–Trinajstić information content (AvgIpc) is 2.57. The third-order valence-electron chi connectivity index (χ3n) is 3.32. The van der Waals surface area contributed by atoms with Crippen molar-refractivity contribution in [2.24, 2.45) is 10.7 Å². The highest BCUT2D eigenvalue weighted by molar-refractivity contribution is 5.96. The molecule has 1 aromatic heterocycles. The number of aliphatic imine (C=N–C) groups is 1. The molecule has 0 radical (unpaired) electrons. The molecule has 0 saturated carbocycles. The first-order chi connectivity index (χ1) is 11.2. The van der Waals surface area contributed by atoms with Crippen molar-refractivity contribution in [1.29, 1.82) is 0 Å². The lowest BCUT2D eigenvalue weighted by molar-refractivity contribution is 0.355. The second-order valence-corrected chi connectivity index (χ2v) is 4.80. The molecule has 0 bridgehead atoms. The van der Waals surface area contributed by atoms with E-state index >= 15 is 0 Å². The first-order valence-corrected chi connectivity index (χ1v) is 7.38. The summed E-state index contributed by atoms with van der Waals surface area (Å²) in [5.41, 5.74) is 8.61. The van der Waals surface area contributed by atoms with Crippen LogP contribution in [0.15, 0.2) is 47.7 Å². The van der Waals surface area contributed by atoms with E-state index in [2.05, 4.69) is 9.98 Å². The Hall–Kier alpha value is -2.40. The largest absolute Gasteiger partial charge is 0.493 e. The third kappa shape index (κ3) is 6.08. The van der Waals surface area contributed by atoms with E-state index in [0.717, 1.165) is 16.8 Å². The summed E-state index contributed by atoms with van der Waals surface area (Å²) in [5, 5.41) is 0. The zero-order chi connectivity index (χ0) is 17.1. The predicted molar refractivity (Wildman–Crippen MR) is 95.0 cm³/mol. The van der Waals surface area contributed by atoms with Crippen LogP contribution in [0.2, 0.25) is 0 Å². The van der Waals surface area contributed by atoms with Crippen molar-refractivity contribution < 1.29 is 9.47 Å². The molecule has 0 atom stereocenters. The summed E-state index contributed by atoms with van der Waals surface area (Å²) in [6.45, 7) is 2.52. The molecule has 0 saturated heterocycles. The van der Waals surface area contributed by atoms with Gasteiger partial charge in [0.25, 0.3) is 0 Å². The summed E-state index contributed by atoms with van der Waals surface area (Å²) < 4.78 is 10.8. The van der Waals surface area contributed by atoms with E-state index in [1.807, 2.05) is 31.2 Å². The molecule has 0 aliphatic heterocycles. The SMILES string of the molecule is CN=C(/C=C\CN)Cc1ccnccc(OC)c(OC)cc1C. The summed E-state index contributed by atoms with van der Waals surface area (Å²) in [6.07, 6.45) is 7.95. The Bertz CT molecular complexity index is 624. The van der Waals surface area contributed by atoms with Crippen molar-refractivity contribution in [2.45, 2.75) is 13.3 Å². The minimum atomic E-state index is 0.493. The number of nitrogens with two attached hydrogens (primary N) is 1. The number of rotatable bonds is 6. The van der Waals surface area contributed by atoms with Gasteiger partial charge in [-0.05, 0) is 36.3 Å². The van der Waals surface area contributed by atoms with Crippen LogP contribution in [0.5, 0.6) is 11.5 Å². The van der Waals surface area contributed by atoms with Crippen LogP contribution >= 0.6 is 0 Å². The molecule has 1 aromatic rings. The zero-order valence-corrected chi connectivity index (χ0v) is 14.2. The smallest absolute Gasteiger partial charge is 0.162 e. The summed E-state index contributed by atoms with van der Waals surface area (Å²) in [5.74, 6) is 1.27. The van der Waals surface area contributed by atoms with E-state index in [-0.39, 0.29) is 0 Å². The Balaban J connectivity index is 3.39. The third-order valence-corrected chi connectivity index (χ3v) is 3.32. The Morgan fingerprint density at radius 2 is 1.91 bits per heavy atom. The van der Waals surface area contributed by atoms with Crippen LogP contribution in [0, 0.1) is 6.92 Å². The van der Waals surface area contributed by atoms with Gasteiger partial charge in [-0.1, -0.05) is 6.08 Å². The summed E-state index contributed by atoms with van der Waals surface area (Å²) >= 11 is 0. The second-order valence-electron chi connectivity index (χ2n) is 4.80. The highest BCUT2D eigenvalue weighted by Crippen LogP contribution is 2.25. The standard InChI is InChI=1S/C18H25N3O2/c1-14-12-18(23-4)17(22-3)8-11-21-10-7-15(14)13-16(20-2)6-5-9-19/h5-8,10-12H,9,13,19H2,1-4H3/b6-5-,10-7?,11-8?,14-12?,15-7?,15-14?,17-8?,18-12?,18-17?,20-16?,21-10?,21-11?. The van der Waals surface area contributed by atoms with E-state index in [4.69, 9.17) is 15.2 Å². The topological polar surface area (TPSA) is 69.7 Å². The minimum Gasteiger partial charge on any atom is -0.493 e. The molecule has 23 heavy (non-hydrogen) atoms. The second kappa shape index (κ2) is 10.3. The number of nitrogens with zero attached hydrogens (tertiary/aromatic N) is 2. The van der Waals surface area contributed by atoms with Crippen molar-refractivity contribution in [3.8, 4) is 11.5 Å². The zero-order valence-electron chi connectivity index (χ0n) is 14.2. The molecule has 2 N–H and O–H groups in total. The quantitative estimate of drug-likeness (QED) is 0.819. The van der Waals surface area contributed by atoms with Gasteiger partial charge in [-0.2, -0.15) is 0 Å². The summed E-state index contributed by atoms with van der Waals surface area (Å²) in [4.78, 5) is 8.52. The van der Waals surface area contributed by atoms with Gasteiger partial charge in [0.15, 0.2) is 11.5 Å². The average molecular weight is 315 g/mol. The van der Waals surface area contributed by atoms with Gasteiger partial charge in [0, 0.05) is 44.2 Å². The summed E-state index contributed by atoms with van der Waals surface area (Å²) in [7, 11) is 5.00. The molecule has 0 unspecified atom stereocenters. The van der Waals surface area contributed by atoms with Crippen molar-refractivity contribution >= 4 is 5.71 Å². The highest BCUT2D eigenvalue weighted by atomic mass is 16.5. The van der Waals surface area contributed by atoms with Gasteiger partial charge in [-0.15, -0.1) is 0 Å². The van der Waals surface area contributed by atoms with Crippen LogP contribution in [-0.4, -0.2) is 38.5 Å². The maximum atomic E-state index is 5.51. The first kappa shape index (κ1) is 18.6. The Labute approximate surface area is 138 Å². The molecule has 0 aliphatic rings. The molecular weight excluding hydrogens is 290 g/mol. The Kier molecular flexibility index (Phi) is 8.39.